The molecule has 0 amide bonds. The van der Waals surface area contributed by atoms with Crippen molar-refractivity contribution in [3.05, 3.63) is 51.3 Å². The summed E-state index contributed by atoms with van der Waals surface area (Å²) in [5, 5.41) is 11.8. The number of aromatic nitrogens is 2. The van der Waals surface area contributed by atoms with Crippen LogP contribution in [0.15, 0.2) is 29.1 Å². The number of ether oxygens (including phenoxy) is 2. The molecule has 3 aromatic rings. The highest BCUT2D eigenvalue weighted by atomic mass is 16.7. The van der Waals surface area contributed by atoms with Crippen LogP contribution in [0.2, 0.25) is 0 Å². The quantitative estimate of drug-likeness (QED) is 0.545. The number of rotatable bonds is 1. The van der Waals surface area contributed by atoms with Crippen molar-refractivity contribution in [1.29, 1.82) is 0 Å². The topological polar surface area (TPSA) is 90.7 Å². The summed E-state index contributed by atoms with van der Waals surface area (Å²) >= 11 is 0. The number of carbonyl (C=O) groups is 1. The maximum Gasteiger partial charge on any atom is 0.255 e. The van der Waals surface area contributed by atoms with Crippen LogP contribution in [-0.4, -0.2) is 27.2 Å². The van der Waals surface area contributed by atoms with Crippen molar-refractivity contribution in [1.82, 2.24) is 9.55 Å². The van der Waals surface area contributed by atoms with Crippen LogP contribution in [0.4, 0.5) is 0 Å². The maximum atomic E-state index is 13.1. The van der Waals surface area contributed by atoms with Gasteiger partial charge in [0.1, 0.15) is 5.60 Å². The van der Waals surface area contributed by atoms with Crippen LogP contribution < -0.4 is 15.0 Å². The summed E-state index contributed by atoms with van der Waals surface area (Å²) in [5.74, 6) is 1.02. The van der Waals surface area contributed by atoms with Gasteiger partial charge in [-0.2, -0.15) is 0 Å². The van der Waals surface area contributed by atoms with Crippen LogP contribution in [0, 0.1) is 0 Å². The van der Waals surface area contributed by atoms with Crippen molar-refractivity contribution in [2.24, 2.45) is 0 Å². The average molecular weight is 376 g/mol. The normalized spacial score (nSPS) is 21.1. The summed E-state index contributed by atoms with van der Waals surface area (Å²) in [5.41, 5.74) is 2.03. The Hall–Kier alpha value is -3.19. The average Bonchev–Trinajstić information content (AvgIpc) is 3.35. The van der Waals surface area contributed by atoms with Crippen LogP contribution >= 0.6 is 0 Å². The third-order valence-corrected chi connectivity index (χ3v) is 6.12. The van der Waals surface area contributed by atoms with Gasteiger partial charge in [0.25, 0.3) is 5.56 Å². The van der Waals surface area contributed by atoms with Gasteiger partial charge in [0.2, 0.25) is 6.79 Å². The summed E-state index contributed by atoms with van der Waals surface area (Å²) in [6, 6.07) is 7.50. The Morgan fingerprint density at radius 3 is 2.75 bits per heavy atom. The first kappa shape index (κ1) is 15.8. The number of ketones is 1. The Kier molecular flexibility index (Phi) is 2.82. The first-order valence-corrected chi connectivity index (χ1v) is 9.26. The second-order valence-corrected chi connectivity index (χ2v) is 7.52. The van der Waals surface area contributed by atoms with Crippen molar-refractivity contribution >= 4 is 16.7 Å². The molecule has 0 unspecified atom stereocenters. The summed E-state index contributed by atoms with van der Waals surface area (Å²) in [6.07, 6.45) is 0.217. The van der Waals surface area contributed by atoms with Crippen LogP contribution in [0.5, 0.6) is 11.5 Å². The van der Waals surface area contributed by atoms with Gasteiger partial charge < -0.3 is 19.1 Å². The highest BCUT2D eigenvalue weighted by Crippen LogP contribution is 2.41. The number of fused-ring (bicyclic) bond motifs is 6. The minimum atomic E-state index is -1.59. The zero-order valence-electron chi connectivity index (χ0n) is 15.1. The Labute approximate surface area is 159 Å². The molecule has 1 aromatic carbocycles. The third kappa shape index (κ3) is 1.79. The second-order valence-electron chi connectivity index (χ2n) is 7.52. The molecule has 1 N–H and O–H groups in total. The lowest BCUT2D eigenvalue weighted by molar-refractivity contribution is -0.136. The molecule has 0 saturated heterocycles. The minimum Gasteiger partial charge on any atom is -0.454 e. The smallest absolute Gasteiger partial charge is 0.255 e. The predicted molar refractivity (Wildman–Crippen MR) is 99.6 cm³/mol. The summed E-state index contributed by atoms with van der Waals surface area (Å²) in [7, 11) is 0. The van der Waals surface area contributed by atoms with Gasteiger partial charge in [-0.3, -0.25) is 9.59 Å². The summed E-state index contributed by atoms with van der Waals surface area (Å²) < 4.78 is 12.5. The summed E-state index contributed by atoms with van der Waals surface area (Å²) in [4.78, 5) is 30.2. The molecule has 2 aromatic heterocycles. The van der Waals surface area contributed by atoms with Gasteiger partial charge in [0, 0.05) is 34.6 Å². The molecule has 0 fully saturated rings. The van der Waals surface area contributed by atoms with E-state index in [9.17, 15) is 14.7 Å². The number of carbonyl (C=O) groups excluding carboxylic acids is 1. The number of pyridine rings is 2. The molecule has 3 aliphatic rings. The van der Waals surface area contributed by atoms with Crippen molar-refractivity contribution < 1.29 is 19.4 Å². The molecule has 6 rings (SSSR count). The molecule has 1 atom stereocenters. The largest absolute Gasteiger partial charge is 0.454 e. The van der Waals surface area contributed by atoms with E-state index in [1.807, 2.05) is 18.2 Å². The molecule has 7 heteroatoms. The molecule has 28 heavy (non-hydrogen) atoms. The monoisotopic (exact) mass is 376 g/mol. The number of aliphatic hydroxyl groups is 1. The zero-order valence-corrected chi connectivity index (χ0v) is 15.1. The Balaban J connectivity index is 1.61. The number of nitrogens with zero attached hydrogens (tertiary/aromatic N) is 2. The number of Topliss-reactive ketones (excluding diaryl/α,β-unsaturated/α-hetero) is 1. The van der Waals surface area contributed by atoms with Crippen molar-refractivity contribution in [3.8, 4) is 22.9 Å². The molecule has 4 heterocycles. The molecular weight excluding hydrogens is 360 g/mol. The van der Waals surface area contributed by atoms with Gasteiger partial charge in [-0.25, -0.2) is 4.98 Å². The Morgan fingerprint density at radius 1 is 1.18 bits per heavy atom. The van der Waals surface area contributed by atoms with Gasteiger partial charge in [-0.05, 0) is 24.6 Å². The van der Waals surface area contributed by atoms with E-state index in [0.29, 0.717) is 40.6 Å². The number of benzene rings is 1. The van der Waals surface area contributed by atoms with E-state index >= 15 is 0 Å². The van der Waals surface area contributed by atoms with Gasteiger partial charge in [-0.1, -0.05) is 6.92 Å². The Morgan fingerprint density at radius 2 is 1.96 bits per heavy atom. The van der Waals surface area contributed by atoms with Crippen molar-refractivity contribution in [2.45, 2.75) is 31.9 Å². The third-order valence-electron chi connectivity index (χ3n) is 6.12. The van der Waals surface area contributed by atoms with Gasteiger partial charge >= 0.3 is 0 Å². The lowest BCUT2D eigenvalue weighted by Crippen LogP contribution is -2.31. The first-order valence-electron chi connectivity index (χ1n) is 9.26. The van der Waals surface area contributed by atoms with Crippen LogP contribution in [0.25, 0.3) is 22.3 Å². The molecule has 140 valence electrons. The SMILES string of the molecule is CC[C@@]1(O)C(=O)Cc2c1cc1n(c2=O)Cc2cc3cc4c(cc3nc2-1)OCO4. The second kappa shape index (κ2) is 4.99. The number of hydrogen-bond acceptors (Lipinski definition) is 6. The lowest BCUT2D eigenvalue weighted by Gasteiger charge is -2.20. The van der Waals surface area contributed by atoms with E-state index in [0.717, 1.165) is 16.5 Å². The van der Waals surface area contributed by atoms with Crippen molar-refractivity contribution in [3.63, 3.8) is 0 Å². The van der Waals surface area contributed by atoms with Gasteiger partial charge in [0.05, 0.1) is 23.4 Å². The van der Waals surface area contributed by atoms with Crippen LogP contribution in [0.1, 0.15) is 30.0 Å². The molecule has 1 aliphatic carbocycles. The molecule has 0 bridgehead atoms. The van der Waals surface area contributed by atoms with Crippen LogP contribution in [-0.2, 0) is 23.4 Å². The fourth-order valence-electron chi connectivity index (χ4n) is 4.55. The predicted octanol–water partition coefficient (Wildman–Crippen LogP) is 1.88. The molecule has 0 spiro atoms. The van der Waals surface area contributed by atoms with E-state index in [2.05, 4.69) is 0 Å². The van der Waals surface area contributed by atoms with E-state index < -0.39 is 5.60 Å². The number of hydrogen-bond donors (Lipinski definition) is 1. The highest BCUT2D eigenvalue weighted by molar-refractivity contribution is 5.95. The van der Waals surface area contributed by atoms with E-state index in [1.165, 1.54) is 0 Å². The van der Waals surface area contributed by atoms with Gasteiger partial charge in [-0.15, -0.1) is 0 Å². The maximum absolute atomic E-state index is 13.1. The fraction of sp³-hybridized carbons (Fsp3) is 0.286. The standard InChI is InChI=1S/C21H16N2O5/c1-2-21(26)13-6-15-19-11(8-23(15)20(25)12(13)5-18(21)24)3-10-4-16-17(28-9-27-16)7-14(10)22-19/h3-4,6-7,26H,2,5,8-9H2,1H3/t21-/m0/s1. The van der Waals surface area contributed by atoms with E-state index in [-0.39, 0.29) is 31.0 Å². The van der Waals surface area contributed by atoms with E-state index in [1.54, 1.807) is 17.6 Å². The van der Waals surface area contributed by atoms with E-state index in [4.69, 9.17) is 14.5 Å². The lowest BCUT2D eigenvalue weighted by atomic mass is 9.92. The highest BCUT2D eigenvalue weighted by Gasteiger charge is 2.46. The first-order chi connectivity index (χ1) is 13.5. The van der Waals surface area contributed by atoms with Crippen molar-refractivity contribution in [2.75, 3.05) is 6.79 Å². The van der Waals surface area contributed by atoms with Gasteiger partial charge in [0.15, 0.2) is 17.3 Å². The minimum absolute atomic E-state index is 0.0219. The molecule has 7 nitrogen and oxygen atoms in total. The molecule has 0 saturated carbocycles. The summed E-state index contributed by atoms with van der Waals surface area (Å²) in [6.45, 7) is 2.34. The Bertz CT molecular complexity index is 1290. The zero-order chi connectivity index (χ0) is 19.2. The van der Waals surface area contributed by atoms with Crippen LogP contribution in [0.3, 0.4) is 0 Å². The fourth-order valence-corrected chi connectivity index (χ4v) is 4.55. The molecule has 2 aliphatic heterocycles. The molecular formula is C21H16N2O5. The molecule has 0 radical (unpaired) electrons.